The van der Waals surface area contributed by atoms with Crippen molar-refractivity contribution >= 4 is 29.2 Å². The molecular weight excluding hydrogens is 490 g/mol. The van der Waals surface area contributed by atoms with Crippen molar-refractivity contribution in [3.8, 4) is 0 Å². The number of benzene rings is 2. The molecule has 3 heterocycles. The highest BCUT2D eigenvalue weighted by Gasteiger charge is 2.55. The number of hydrogen-bond acceptors (Lipinski definition) is 5. The lowest BCUT2D eigenvalue weighted by Gasteiger charge is -2.55. The van der Waals surface area contributed by atoms with Crippen molar-refractivity contribution in [2.24, 2.45) is 0 Å². The summed E-state index contributed by atoms with van der Waals surface area (Å²) in [6.45, 7) is 0.693. The van der Waals surface area contributed by atoms with Crippen molar-refractivity contribution in [1.29, 1.82) is 0 Å². The fraction of sp³-hybridized carbons (Fsp3) is 0.355. The molecule has 1 aromatic heterocycles. The third-order valence-corrected chi connectivity index (χ3v) is 9.36. The van der Waals surface area contributed by atoms with Gasteiger partial charge in [0.25, 0.3) is 0 Å². The molecule has 8 nitrogen and oxygen atoms in total. The van der Waals surface area contributed by atoms with Crippen LogP contribution in [0.4, 0.5) is 11.5 Å². The molecule has 0 unspecified atom stereocenters. The van der Waals surface area contributed by atoms with Crippen LogP contribution in [-0.2, 0) is 32.6 Å². The van der Waals surface area contributed by atoms with E-state index in [1.807, 2.05) is 67.7 Å². The van der Waals surface area contributed by atoms with Gasteiger partial charge in [-0.25, -0.2) is 4.98 Å². The van der Waals surface area contributed by atoms with Crippen LogP contribution in [0.2, 0.25) is 0 Å². The number of amides is 3. The molecule has 0 bridgehead atoms. The van der Waals surface area contributed by atoms with Crippen LogP contribution >= 0.6 is 0 Å². The van der Waals surface area contributed by atoms with Gasteiger partial charge in [0, 0.05) is 24.0 Å². The van der Waals surface area contributed by atoms with Gasteiger partial charge in [0.15, 0.2) is 0 Å². The normalized spacial score (nSPS) is 24.8. The molecule has 2 atom stereocenters. The first-order valence-electron chi connectivity index (χ1n) is 13.7. The molecule has 2 aromatic carbocycles. The Morgan fingerprint density at radius 1 is 1.05 bits per heavy atom. The minimum atomic E-state index is -0.652. The van der Waals surface area contributed by atoms with Gasteiger partial charge in [-0.05, 0) is 74.0 Å². The smallest absolute Gasteiger partial charge is 0.244 e. The molecule has 4 aliphatic rings. The molecular formula is C31H31N5O3. The molecule has 39 heavy (non-hydrogen) atoms. The van der Waals surface area contributed by atoms with E-state index < -0.39 is 11.0 Å². The molecule has 0 radical (unpaired) electrons. The number of fused-ring (bicyclic) bond motifs is 3. The van der Waals surface area contributed by atoms with Crippen LogP contribution in [0.15, 0.2) is 66.9 Å². The van der Waals surface area contributed by atoms with Crippen molar-refractivity contribution in [3.05, 3.63) is 89.1 Å². The molecule has 8 heteroatoms. The average Bonchev–Trinajstić information content (AvgIpc) is 3.42. The lowest BCUT2D eigenvalue weighted by atomic mass is 9.72. The molecule has 2 aliphatic carbocycles. The molecule has 3 amide bonds. The first-order chi connectivity index (χ1) is 18.9. The molecule has 2 aliphatic heterocycles. The average molecular weight is 522 g/mol. The number of anilines is 2. The summed E-state index contributed by atoms with van der Waals surface area (Å²) in [4.78, 5) is 48.5. The zero-order chi connectivity index (χ0) is 26.8. The van der Waals surface area contributed by atoms with Crippen LogP contribution in [0.25, 0.3) is 0 Å². The first kappa shape index (κ1) is 24.0. The third kappa shape index (κ3) is 3.61. The molecule has 198 valence electrons. The highest BCUT2D eigenvalue weighted by Crippen LogP contribution is 2.47. The number of piperazine rings is 1. The van der Waals surface area contributed by atoms with Crippen LogP contribution in [0.3, 0.4) is 0 Å². The summed E-state index contributed by atoms with van der Waals surface area (Å²) in [6.07, 6.45) is 5.56. The first-order valence-corrected chi connectivity index (χ1v) is 13.7. The number of carbonyl (C=O) groups excluding carboxylic acids is 3. The van der Waals surface area contributed by atoms with Crippen LogP contribution in [0.5, 0.6) is 0 Å². The Labute approximate surface area is 227 Å². The van der Waals surface area contributed by atoms with E-state index in [1.54, 1.807) is 11.1 Å². The van der Waals surface area contributed by atoms with Crippen LogP contribution < -0.4 is 10.6 Å². The standard InChI is InChI=1S/C31H31N5O3/c1-35-18-25(20-7-3-2-4-8-20)36(29(39)31(35)12-6-13-31)19-26(37)33-23-11-10-21-16-30(17-22(21)15-23)24-9-5-14-32-27(24)34-28(30)38/h2-5,7-11,14-15,25H,6,12-13,16-19H2,1H3,(H,33,37)(H,32,34,38)/t25-,30-/m1/s1. The van der Waals surface area contributed by atoms with E-state index >= 15 is 0 Å². The van der Waals surface area contributed by atoms with E-state index in [0.717, 1.165) is 41.5 Å². The van der Waals surface area contributed by atoms with Gasteiger partial charge in [-0.3, -0.25) is 19.3 Å². The summed E-state index contributed by atoms with van der Waals surface area (Å²) in [5.41, 5.74) is 3.66. The Morgan fingerprint density at radius 3 is 2.62 bits per heavy atom. The summed E-state index contributed by atoms with van der Waals surface area (Å²) < 4.78 is 0. The molecule has 7 rings (SSSR count). The van der Waals surface area contributed by atoms with Gasteiger partial charge < -0.3 is 15.5 Å². The summed E-state index contributed by atoms with van der Waals surface area (Å²) in [5.74, 6) is 0.437. The number of rotatable bonds is 4. The minimum absolute atomic E-state index is 0.00351. The van der Waals surface area contributed by atoms with E-state index in [0.29, 0.717) is 30.9 Å². The number of hydrogen-bond donors (Lipinski definition) is 2. The number of nitrogens with one attached hydrogen (secondary N) is 2. The van der Waals surface area contributed by atoms with Crippen molar-refractivity contribution in [2.45, 2.75) is 49.1 Å². The monoisotopic (exact) mass is 521 g/mol. The second-order valence-corrected chi connectivity index (χ2v) is 11.4. The summed E-state index contributed by atoms with van der Waals surface area (Å²) in [7, 11) is 2.03. The molecule has 1 saturated heterocycles. The summed E-state index contributed by atoms with van der Waals surface area (Å²) in [5, 5.41) is 5.97. The Kier molecular flexibility index (Phi) is 5.39. The largest absolute Gasteiger partial charge is 0.325 e. The second-order valence-electron chi connectivity index (χ2n) is 11.4. The van der Waals surface area contributed by atoms with Gasteiger partial charge in [-0.1, -0.05) is 42.5 Å². The van der Waals surface area contributed by atoms with Gasteiger partial charge in [-0.15, -0.1) is 0 Å². The van der Waals surface area contributed by atoms with Gasteiger partial charge in [-0.2, -0.15) is 0 Å². The van der Waals surface area contributed by atoms with Crippen LogP contribution in [0, 0.1) is 0 Å². The number of pyridine rings is 1. The Balaban J connectivity index is 1.11. The molecule has 1 saturated carbocycles. The van der Waals surface area contributed by atoms with E-state index in [9.17, 15) is 14.4 Å². The van der Waals surface area contributed by atoms with Crippen molar-refractivity contribution < 1.29 is 14.4 Å². The lowest BCUT2D eigenvalue weighted by Crippen LogP contribution is -2.68. The van der Waals surface area contributed by atoms with Gasteiger partial charge >= 0.3 is 0 Å². The Hall–Kier alpha value is -4.04. The predicted octanol–water partition coefficient (Wildman–Crippen LogP) is 3.45. The topological polar surface area (TPSA) is 94.6 Å². The van der Waals surface area contributed by atoms with Gasteiger partial charge in [0.2, 0.25) is 17.7 Å². The zero-order valence-corrected chi connectivity index (χ0v) is 21.9. The molecule has 2 spiro atoms. The third-order valence-electron chi connectivity index (χ3n) is 9.36. The maximum Gasteiger partial charge on any atom is 0.244 e. The fourth-order valence-corrected chi connectivity index (χ4v) is 7.05. The lowest BCUT2D eigenvalue weighted by molar-refractivity contribution is -0.164. The van der Waals surface area contributed by atoms with E-state index in [4.69, 9.17) is 0 Å². The van der Waals surface area contributed by atoms with Crippen LogP contribution in [-0.4, -0.2) is 58.2 Å². The number of nitrogens with zero attached hydrogens (tertiary/aromatic N) is 3. The van der Waals surface area contributed by atoms with Crippen molar-refractivity contribution in [1.82, 2.24) is 14.8 Å². The minimum Gasteiger partial charge on any atom is -0.325 e. The Morgan fingerprint density at radius 2 is 1.85 bits per heavy atom. The molecule has 2 fully saturated rings. The maximum absolute atomic E-state index is 13.8. The maximum atomic E-state index is 13.8. The second kappa shape index (κ2) is 8.74. The highest BCUT2D eigenvalue weighted by molar-refractivity contribution is 6.06. The molecule has 3 aromatic rings. The van der Waals surface area contributed by atoms with Gasteiger partial charge in [0.1, 0.15) is 17.9 Å². The van der Waals surface area contributed by atoms with E-state index in [1.165, 1.54) is 0 Å². The Bertz CT molecular complexity index is 1500. The fourth-order valence-electron chi connectivity index (χ4n) is 7.05. The predicted molar refractivity (Wildman–Crippen MR) is 147 cm³/mol. The van der Waals surface area contributed by atoms with Gasteiger partial charge in [0.05, 0.1) is 11.5 Å². The van der Waals surface area contributed by atoms with Crippen molar-refractivity contribution in [2.75, 3.05) is 30.8 Å². The number of aromatic nitrogens is 1. The zero-order valence-electron chi connectivity index (χ0n) is 21.9. The van der Waals surface area contributed by atoms with Crippen LogP contribution in [0.1, 0.15) is 47.6 Å². The molecule has 2 N–H and O–H groups in total. The van der Waals surface area contributed by atoms with E-state index in [-0.39, 0.29) is 30.3 Å². The van der Waals surface area contributed by atoms with E-state index in [2.05, 4.69) is 20.5 Å². The highest BCUT2D eigenvalue weighted by atomic mass is 16.2. The van der Waals surface area contributed by atoms with Crippen molar-refractivity contribution in [3.63, 3.8) is 0 Å². The summed E-state index contributed by atoms with van der Waals surface area (Å²) in [6, 6.07) is 19.5. The summed E-state index contributed by atoms with van der Waals surface area (Å²) >= 11 is 0. The number of carbonyl (C=O) groups is 3. The quantitative estimate of drug-likeness (QED) is 0.549. The number of likely N-dealkylation sites (N-methyl/N-ethyl adjacent to an activating group) is 1. The SMILES string of the molecule is CN1C[C@H](c2ccccc2)N(CC(=O)Nc2ccc3c(c2)C[C@@]2(C3)C(=O)Nc3ncccc32)C(=O)C12CCC2.